The van der Waals surface area contributed by atoms with Crippen molar-refractivity contribution in [1.82, 2.24) is 5.01 Å². The summed E-state index contributed by atoms with van der Waals surface area (Å²) >= 11 is 1.28. The van der Waals surface area contributed by atoms with E-state index in [1.807, 2.05) is 80.6 Å². The van der Waals surface area contributed by atoms with Crippen LogP contribution >= 0.6 is 11.8 Å². The number of benzene rings is 3. The van der Waals surface area contributed by atoms with Crippen LogP contribution in [0.4, 0.5) is 0 Å². The van der Waals surface area contributed by atoms with Crippen molar-refractivity contribution in [3.8, 4) is 11.5 Å². The van der Waals surface area contributed by atoms with Crippen molar-refractivity contribution in [2.75, 3.05) is 6.61 Å². The molecule has 0 saturated carbocycles. The molecule has 0 saturated heterocycles. The fourth-order valence-corrected chi connectivity index (χ4v) is 4.61. The Hall–Kier alpha value is -4.17. The van der Waals surface area contributed by atoms with E-state index in [-0.39, 0.29) is 11.4 Å². The van der Waals surface area contributed by atoms with Crippen molar-refractivity contribution < 1.29 is 14.3 Å². The number of ether oxygens (including phenoxy) is 2. The minimum absolute atomic E-state index is 0.0121. The lowest BCUT2D eigenvalue weighted by Crippen LogP contribution is -2.35. The molecule has 0 atom stereocenters. The molecule has 2 aliphatic rings. The molecule has 7 nitrogen and oxygen atoms in total. The summed E-state index contributed by atoms with van der Waals surface area (Å²) in [4.78, 5) is 17.0. The summed E-state index contributed by atoms with van der Waals surface area (Å²) in [5.41, 5.74) is 3.98. The van der Waals surface area contributed by atoms with Gasteiger partial charge in [-0.1, -0.05) is 66.2 Å². The molecule has 0 fully saturated rings. The molecule has 0 aliphatic carbocycles. The Bertz CT molecular complexity index is 1410. The van der Waals surface area contributed by atoms with Gasteiger partial charge in [0.2, 0.25) is 5.17 Å². The molecule has 1 amide bonds. The van der Waals surface area contributed by atoms with E-state index in [9.17, 15) is 4.79 Å². The molecule has 0 radical (unpaired) electrons. The maximum Gasteiger partial charge on any atom is 0.283 e. The predicted molar refractivity (Wildman–Crippen MR) is 144 cm³/mol. The van der Waals surface area contributed by atoms with Gasteiger partial charge in [0.25, 0.3) is 5.91 Å². The lowest BCUT2D eigenvalue weighted by atomic mass is 10.1. The van der Waals surface area contributed by atoms with Crippen molar-refractivity contribution >= 4 is 39.8 Å². The van der Waals surface area contributed by atoms with Crippen LogP contribution in [-0.2, 0) is 11.4 Å². The SMILES string of the molecule is CCOc1cc(/C=C2/C(=N)N3N=C(c4ccc(C)cc4)SC3=NC2=O)ccc1OCc1ccccc1. The van der Waals surface area contributed by atoms with Crippen molar-refractivity contribution in [1.29, 1.82) is 5.41 Å². The quantitative estimate of drug-likeness (QED) is 0.428. The van der Waals surface area contributed by atoms with Crippen LogP contribution < -0.4 is 9.47 Å². The fourth-order valence-electron chi connectivity index (χ4n) is 3.71. The summed E-state index contributed by atoms with van der Waals surface area (Å²) in [6.45, 7) is 4.80. The third kappa shape index (κ3) is 4.94. The second-order valence-electron chi connectivity index (χ2n) is 8.20. The molecule has 1 N–H and O–H groups in total. The van der Waals surface area contributed by atoms with Gasteiger partial charge in [0, 0.05) is 5.56 Å². The minimum Gasteiger partial charge on any atom is -0.490 e. The largest absolute Gasteiger partial charge is 0.490 e. The molecule has 0 bridgehead atoms. The zero-order chi connectivity index (χ0) is 25.1. The van der Waals surface area contributed by atoms with Gasteiger partial charge in [-0.25, -0.2) is 0 Å². The van der Waals surface area contributed by atoms with Gasteiger partial charge in [0.05, 0.1) is 12.2 Å². The number of aliphatic imine (C=N–C) groups is 1. The first-order valence-corrected chi connectivity index (χ1v) is 12.3. The Kier molecular flexibility index (Phi) is 6.69. The van der Waals surface area contributed by atoms with Gasteiger partial charge in [-0.2, -0.15) is 15.1 Å². The smallest absolute Gasteiger partial charge is 0.283 e. The van der Waals surface area contributed by atoms with Gasteiger partial charge in [-0.3, -0.25) is 10.2 Å². The van der Waals surface area contributed by atoms with Crippen molar-refractivity contribution in [2.45, 2.75) is 20.5 Å². The van der Waals surface area contributed by atoms with Crippen molar-refractivity contribution in [3.05, 3.63) is 101 Å². The topological polar surface area (TPSA) is 87.3 Å². The van der Waals surface area contributed by atoms with Crippen molar-refractivity contribution in [3.63, 3.8) is 0 Å². The number of fused-ring (bicyclic) bond motifs is 1. The van der Waals surface area contributed by atoms with Crippen LogP contribution in [0.5, 0.6) is 11.5 Å². The number of amides is 1. The van der Waals surface area contributed by atoms with E-state index in [1.165, 1.54) is 16.8 Å². The third-order valence-electron chi connectivity index (χ3n) is 5.57. The number of hydrazone groups is 1. The molecule has 2 aliphatic heterocycles. The molecule has 2 heterocycles. The molecular weight excluding hydrogens is 472 g/mol. The molecule has 180 valence electrons. The number of hydrogen-bond donors (Lipinski definition) is 1. The second-order valence-corrected chi connectivity index (χ2v) is 9.16. The van der Waals surface area contributed by atoms with Crippen molar-refractivity contribution in [2.24, 2.45) is 10.1 Å². The van der Waals surface area contributed by atoms with E-state index in [4.69, 9.17) is 14.9 Å². The van der Waals surface area contributed by atoms with E-state index in [0.717, 1.165) is 16.7 Å². The zero-order valence-corrected chi connectivity index (χ0v) is 20.7. The molecule has 36 heavy (non-hydrogen) atoms. The highest BCUT2D eigenvalue weighted by Crippen LogP contribution is 2.33. The maximum absolute atomic E-state index is 12.8. The average molecular weight is 497 g/mol. The summed E-state index contributed by atoms with van der Waals surface area (Å²) < 4.78 is 11.8. The predicted octanol–water partition coefficient (Wildman–Crippen LogP) is 5.64. The van der Waals surface area contributed by atoms with Crippen LogP contribution in [0.15, 0.2) is 88.5 Å². The lowest BCUT2D eigenvalue weighted by molar-refractivity contribution is -0.114. The molecule has 5 rings (SSSR count). The van der Waals surface area contributed by atoms with E-state index in [2.05, 4.69) is 10.1 Å². The van der Waals surface area contributed by atoms with Gasteiger partial charge in [0.15, 0.2) is 17.3 Å². The number of nitrogens with one attached hydrogen (secondary N) is 1. The van der Waals surface area contributed by atoms with Gasteiger partial charge >= 0.3 is 0 Å². The lowest BCUT2D eigenvalue weighted by Gasteiger charge is -2.20. The fraction of sp³-hybridized carbons (Fsp3) is 0.143. The highest BCUT2D eigenvalue weighted by atomic mass is 32.2. The number of carbonyl (C=O) groups excluding carboxylic acids is 1. The molecule has 0 unspecified atom stereocenters. The number of aryl methyl sites for hydroxylation is 1. The van der Waals surface area contributed by atoms with Gasteiger partial charge < -0.3 is 9.47 Å². The number of hydrogen-bond acceptors (Lipinski definition) is 6. The standard InChI is InChI=1S/C28H24N4O3S/c1-3-34-24-16-20(11-14-23(24)35-17-19-7-5-4-6-8-19)15-22-25(29)32-28(30-26(22)33)36-27(31-32)21-12-9-18(2)10-13-21/h4-16,29H,3,17H2,1-2H3/b22-15-,29-25?. The normalized spacial score (nSPS) is 16.1. The highest BCUT2D eigenvalue weighted by molar-refractivity contribution is 8.27. The number of carbonyl (C=O) groups is 1. The van der Waals surface area contributed by atoms with Gasteiger partial charge in [-0.15, -0.1) is 0 Å². The molecular formula is C28H24N4O3S. The summed E-state index contributed by atoms with van der Waals surface area (Å²) in [5, 5.41) is 15.7. The first-order valence-electron chi connectivity index (χ1n) is 11.5. The van der Waals surface area contributed by atoms with Crippen LogP contribution in [0.3, 0.4) is 0 Å². The van der Waals surface area contributed by atoms with E-state index in [0.29, 0.717) is 40.5 Å². The van der Waals surface area contributed by atoms with Crippen LogP contribution in [0, 0.1) is 12.3 Å². The Morgan fingerprint density at radius 2 is 1.78 bits per heavy atom. The molecule has 0 aromatic heterocycles. The first kappa shape index (κ1) is 23.6. The number of thioether (sulfide) groups is 1. The number of amidine groups is 2. The summed E-state index contributed by atoms with van der Waals surface area (Å²) in [5.74, 6) is 0.693. The zero-order valence-electron chi connectivity index (χ0n) is 19.9. The van der Waals surface area contributed by atoms with Crippen LogP contribution in [0.2, 0.25) is 0 Å². The number of rotatable bonds is 7. The third-order valence-corrected chi connectivity index (χ3v) is 6.53. The van der Waals surface area contributed by atoms with Crippen LogP contribution in [0.1, 0.15) is 29.2 Å². The van der Waals surface area contributed by atoms with Gasteiger partial charge in [0.1, 0.15) is 11.7 Å². The maximum atomic E-state index is 12.8. The van der Waals surface area contributed by atoms with E-state index >= 15 is 0 Å². The summed E-state index contributed by atoms with van der Waals surface area (Å²) in [6.07, 6.45) is 1.64. The Balaban J connectivity index is 1.39. The summed E-state index contributed by atoms with van der Waals surface area (Å²) in [6, 6.07) is 23.3. The van der Waals surface area contributed by atoms with E-state index < -0.39 is 5.91 Å². The van der Waals surface area contributed by atoms with Gasteiger partial charge in [-0.05, 0) is 54.9 Å². The highest BCUT2D eigenvalue weighted by Gasteiger charge is 2.36. The first-order chi connectivity index (χ1) is 17.5. The molecule has 0 spiro atoms. The van der Waals surface area contributed by atoms with E-state index in [1.54, 1.807) is 12.1 Å². The molecule has 8 heteroatoms. The minimum atomic E-state index is -0.471. The van der Waals surface area contributed by atoms with Crippen LogP contribution in [0.25, 0.3) is 6.08 Å². The average Bonchev–Trinajstić information content (AvgIpc) is 3.31. The molecule has 3 aromatic rings. The Labute approximate surface area is 213 Å². The molecule has 3 aromatic carbocycles. The monoisotopic (exact) mass is 496 g/mol. The Morgan fingerprint density at radius 1 is 1.00 bits per heavy atom. The summed E-state index contributed by atoms with van der Waals surface area (Å²) in [7, 11) is 0. The van der Waals surface area contributed by atoms with Crippen LogP contribution in [-0.4, -0.2) is 33.6 Å². The second kappa shape index (κ2) is 10.2. The Morgan fingerprint density at radius 3 is 2.53 bits per heavy atom. The number of nitrogens with zero attached hydrogens (tertiary/aromatic N) is 3.